The summed E-state index contributed by atoms with van der Waals surface area (Å²) in [5.74, 6) is 0.00681. The van der Waals surface area contributed by atoms with E-state index in [4.69, 9.17) is 10.8 Å². The minimum Gasteiger partial charge on any atom is -0.465 e. The third-order valence-corrected chi connectivity index (χ3v) is 3.08. The van der Waals surface area contributed by atoms with Crippen molar-refractivity contribution in [1.29, 1.82) is 0 Å². The number of nitrogens with zero attached hydrogens (tertiary/aromatic N) is 2. The number of nitrogens with two attached hydrogens (primary N) is 1. The number of nitrogens with one attached hydrogen (secondary N) is 1. The average Bonchev–Trinajstić information content (AvgIpc) is 2.70. The van der Waals surface area contributed by atoms with Crippen molar-refractivity contribution in [3.05, 3.63) is 18.0 Å². The van der Waals surface area contributed by atoms with Crippen molar-refractivity contribution in [2.24, 2.45) is 5.73 Å². The van der Waals surface area contributed by atoms with Gasteiger partial charge < -0.3 is 10.8 Å². The maximum atomic E-state index is 11.0. The Bertz CT molecular complexity index is 360. The first kappa shape index (κ1) is 9.97. The molecule has 1 aliphatic heterocycles. The van der Waals surface area contributed by atoms with Crippen LogP contribution in [0.3, 0.4) is 0 Å². The van der Waals surface area contributed by atoms with E-state index in [2.05, 4.69) is 10.2 Å². The highest BCUT2D eigenvalue weighted by Crippen LogP contribution is 2.37. The summed E-state index contributed by atoms with van der Waals surface area (Å²) in [5, 5.41) is 15.6. The number of carboxylic acid groups (broad SMARTS) is 1. The summed E-state index contributed by atoms with van der Waals surface area (Å²) in [6, 6.07) is 0. The van der Waals surface area contributed by atoms with Gasteiger partial charge in [-0.05, 0) is 18.9 Å². The van der Waals surface area contributed by atoms with Crippen molar-refractivity contribution in [2.75, 3.05) is 6.54 Å². The fourth-order valence-electron chi connectivity index (χ4n) is 2.24. The SMILES string of the molecule is CC1(N)C(c2cn[nH]c2)CCN1C(=O)O. The van der Waals surface area contributed by atoms with Crippen molar-refractivity contribution in [1.82, 2.24) is 15.1 Å². The van der Waals surface area contributed by atoms with Gasteiger partial charge in [0.15, 0.2) is 0 Å². The number of rotatable bonds is 1. The van der Waals surface area contributed by atoms with Gasteiger partial charge in [0.25, 0.3) is 0 Å². The highest BCUT2D eigenvalue weighted by molar-refractivity contribution is 5.67. The number of hydrogen-bond acceptors (Lipinski definition) is 3. The minimum absolute atomic E-state index is 0.00681. The molecule has 0 radical (unpaired) electrons. The van der Waals surface area contributed by atoms with Gasteiger partial charge in [-0.2, -0.15) is 5.10 Å². The normalized spacial score (nSPS) is 30.8. The van der Waals surface area contributed by atoms with E-state index < -0.39 is 11.8 Å². The van der Waals surface area contributed by atoms with Crippen molar-refractivity contribution < 1.29 is 9.90 Å². The Morgan fingerprint density at radius 1 is 1.87 bits per heavy atom. The highest BCUT2D eigenvalue weighted by Gasteiger charge is 2.45. The minimum atomic E-state index is -0.967. The molecule has 0 saturated carbocycles. The molecule has 15 heavy (non-hydrogen) atoms. The van der Waals surface area contributed by atoms with E-state index in [0.29, 0.717) is 6.54 Å². The maximum absolute atomic E-state index is 11.0. The van der Waals surface area contributed by atoms with Crippen LogP contribution in [0.2, 0.25) is 0 Å². The van der Waals surface area contributed by atoms with Gasteiger partial charge in [0, 0.05) is 18.7 Å². The van der Waals surface area contributed by atoms with E-state index in [-0.39, 0.29) is 5.92 Å². The Hall–Kier alpha value is -1.56. The zero-order valence-electron chi connectivity index (χ0n) is 8.47. The topological polar surface area (TPSA) is 95.2 Å². The first-order chi connectivity index (χ1) is 7.03. The lowest BCUT2D eigenvalue weighted by atomic mass is 9.90. The van der Waals surface area contributed by atoms with E-state index in [1.54, 1.807) is 19.3 Å². The molecule has 1 fully saturated rings. The lowest BCUT2D eigenvalue weighted by molar-refractivity contribution is 0.107. The summed E-state index contributed by atoms with van der Waals surface area (Å²) < 4.78 is 0. The molecule has 1 aliphatic rings. The molecule has 2 unspecified atom stereocenters. The smallest absolute Gasteiger partial charge is 0.408 e. The van der Waals surface area contributed by atoms with Gasteiger partial charge in [-0.25, -0.2) is 4.79 Å². The summed E-state index contributed by atoms with van der Waals surface area (Å²) >= 11 is 0. The molecule has 1 saturated heterocycles. The Kier molecular flexibility index (Phi) is 2.15. The van der Waals surface area contributed by atoms with Crippen LogP contribution in [-0.2, 0) is 0 Å². The largest absolute Gasteiger partial charge is 0.465 e. The summed E-state index contributed by atoms with van der Waals surface area (Å²) in [7, 11) is 0. The average molecular weight is 210 g/mol. The van der Waals surface area contributed by atoms with E-state index in [1.165, 1.54) is 4.90 Å². The molecule has 1 aromatic heterocycles. The highest BCUT2D eigenvalue weighted by atomic mass is 16.4. The van der Waals surface area contributed by atoms with Crippen LogP contribution in [0.15, 0.2) is 12.4 Å². The zero-order valence-corrected chi connectivity index (χ0v) is 8.47. The van der Waals surface area contributed by atoms with Crippen molar-refractivity contribution >= 4 is 6.09 Å². The lowest BCUT2D eigenvalue weighted by Crippen LogP contribution is -2.54. The fourth-order valence-corrected chi connectivity index (χ4v) is 2.24. The van der Waals surface area contributed by atoms with Crippen LogP contribution in [0.1, 0.15) is 24.8 Å². The predicted octanol–water partition coefficient (Wildman–Crippen LogP) is 0.552. The van der Waals surface area contributed by atoms with Crippen LogP contribution in [0.4, 0.5) is 4.79 Å². The van der Waals surface area contributed by atoms with Crippen LogP contribution in [0.5, 0.6) is 0 Å². The molecule has 4 N–H and O–H groups in total. The zero-order chi connectivity index (χ0) is 11.1. The molecule has 0 aromatic carbocycles. The standard InChI is InChI=1S/C9H14N4O2/c1-9(10)7(6-4-11-12-5-6)2-3-13(9)8(14)15/h4-5,7H,2-3,10H2,1H3,(H,11,12)(H,14,15). The molecule has 6 nitrogen and oxygen atoms in total. The second-order valence-corrected chi connectivity index (χ2v) is 4.03. The van der Waals surface area contributed by atoms with Crippen molar-refractivity contribution in [3.8, 4) is 0 Å². The summed E-state index contributed by atoms with van der Waals surface area (Å²) in [4.78, 5) is 12.2. The Morgan fingerprint density at radius 3 is 3.07 bits per heavy atom. The molecular formula is C9H14N4O2. The third-order valence-electron chi connectivity index (χ3n) is 3.08. The third kappa shape index (κ3) is 1.46. The van der Waals surface area contributed by atoms with Gasteiger partial charge in [0.1, 0.15) is 0 Å². The van der Waals surface area contributed by atoms with Gasteiger partial charge in [-0.15, -0.1) is 0 Å². The number of aromatic nitrogens is 2. The van der Waals surface area contributed by atoms with Crippen LogP contribution in [0, 0.1) is 0 Å². The van der Waals surface area contributed by atoms with E-state index in [9.17, 15) is 4.79 Å². The number of likely N-dealkylation sites (tertiary alicyclic amines) is 1. The number of amides is 1. The first-order valence-corrected chi connectivity index (χ1v) is 4.81. The molecule has 0 aliphatic carbocycles. The second-order valence-electron chi connectivity index (χ2n) is 4.03. The van der Waals surface area contributed by atoms with Crippen LogP contribution < -0.4 is 5.73 Å². The number of H-pyrrole nitrogens is 1. The van der Waals surface area contributed by atoms with E-state index >= 15 is 0 Å². The first-order valence-electron chi connectivity index (χ1n) is 4.81. The van der Waals surface area contributed by atoms with Gasteiger partial charge >= 0.3 is 6.09 Å². The summed E-state index contributed by atoms with van der Waals surface area (Å²) in [6.45, 7) is 2.21. The monoisotopic (exact) mass is 210 g/mol. The number of carbonyl (C=O) groups is 1. The second kappa shape index (κ2) is 3.23. The molecule has 6 heteroatoms. The van der Waals surface area contributed by atoms with Crippen molar-refractivity contribution in [3.63, 3.8) is 0 Å². The van der Waals surface area contributed by atoms with E-state index in [0.717, 1.165) is 12.0 Å². The summed E-state index contributed by atoms with van der Waals surface area (Å²) in [6.07, 6.45) is 3.23. The molecule has 0 bridgehead atoms. The Balaban J connectivity index is 2.28. The molecule has 2 atom stereocenters. The number of aromatic amines is 1. The lowest BCUT2D eigenvalue weighted by Gasteiger charge is -2.33. The van der Waals surface area contributed by atoms with Gasteiger partial charge in [0.05, 0.1) is 11.9 Å². The van der Waals surface area contributed by atoms with E-state index in [1.807, 2.05) is 0 Å². The van der Waals surface area contributed by atoms with Gasteiger partial charge in [-0.1, -0.05) is 0 Å². The molecule has 2 rings (SSSR count). The molecule has 0 spiro atoms. The van der Waals surface area contributed by atoms with Gasteiger partial charge in [0.2, 0.25) is 0 Å². The van der Waals surface area contributed by atoms with Crippen molar-refractivity contribution in [2.45, 2.75) is 24.9 Å². The molecule has 2 heterocycles. The summed E-state index contributed by atoms with van der Waals surface area (Å²) in [5.41, 5.74) is 6.17. The van der Waals surface area contributed by atoms with Crippen LogP contribution in [-0.4, -0.2) is 38.5 Å². The quantitative estimate of drug-likeness (QED) is 0.630. The maximum Gasteiger partial charge on any atom is 0.408 e. The van der Waals surface area contributed by atoms with Crippen LogP contribution >= 0.6 is 0 Å². The number of hydrogen-bond donors (Lipinski definition) is 3. The molecular weight excluding hydrogens is 196 g/mol. The molecule has 1 aromatic rings. The fraction of sp³-hybridized carbons (Fsp3) is 0.556. The predicted molar refractivity (Wildman–Crippen MR) is 53.3 cm³/mol. The Labute approximate surface area is 87.1 Å². The van der Waals surface area contributed by atoms with Crippen LogP contribution in [0.25, 0.3) is 0 Å². The van der Waals surface area contributed by atoms with Gasteiger partial charge in [-0.3, -0.25) is 10.00 Å². The molecule has 82 valence electrons. The molecule has 1 amide bonds. The Morgan fingerprint density at radius 2 is 2.60 bits per heavy atom.